The number of fused-ring (bicyclic) bond motifs is 1. The number of nitrogens with one attached hydrogen (secondary N) is 1. The van der Waals surface area contributed by atoms with Crippen molar-refractivity contribution in [3.05, 3.63) is 26.8 Å². The molecule has 2 aromatic heterocycles. The number of amides is 1. The summed E-state index contributed by atoms with van der Waals surface area (Å²) in [5.74, 6) is 0.430. The van der Waals surface area contributed by atoms with Gasteiger partial charge in [-0.05, 0) is 12.5 Å². The molecule has 3 heterocycles. The molecule has 3 rings (SSSR count). The molecule has 1 aliphatic rings. The van der Waals surface area contributed by atoms with Crippen molar-refractivity contribution >= 4 is 27.5 Å². The van der Waals surface area contributed by atoms with Gasteiger partial charge in [0, 0.05) is 32.1 Å². The first kappa shape index (κ1) is 15.2. The van der Waals surface area contributed by atoms with Gasteiger partial charge in [0.15, 0.2) is 0 Å². The lowest BCUT2D eigenvalue weighted by atomic mass is 10.2. The van der Waals surface area contributed by atoms with Gasteiger partial charge in [-0.25, -0.2) is 9.78 Å². The first-order chi connectivity index (χ1) is 10.5. The van der Waals surface area contributed by atoms with Crippen LogP contribution in [-0.2, 0) is 0 Å². The SMILES string of the molecule is Cc1c(C(=O)N2CCNCC2)sc2nc(C(C)C)oc(=O)c12. The van der Waals surface area contributed by atoms with Crippen LogP contribution in [0.1, 0.15) is 40.9 Å². The Morgan fingerprint density at radius 3 is 2.68 bits per heavy atom. The molecule has 118 valence electrons. The minimum Gasteiger partial charge on any atom is -0.408 e. The molecule has 2 aromatic rings. The molecule has 0 bridgehead atoms. The average molecular weight is 321 g/mol. The fourth-order valence-electron chi connectivity index (χ4n) is 2.55. The third kappa shape index (κ3) is 2.55. The van der Waals surface area contributed by atoms with E-state index in [4.69, 9.17) is 4.42 Å². The smallest absolute Gasteiger partial charge is 0.348 e. The molecular weight excluding hydrogens is 302 g/mol. The molecule has 1 aliphatic heterocycles. The second-order valence-corrected chi connectivity index (χ2v) is 6.77. The fraction of sp³-hybridized carbons (Fsp3) is 0.533. The van der Waals surface area contributed by atoms with E-state index < -0.39 is 5.63 Å². The zero-order valence-electron chi connectivity index (χ0n) is 12.9. The molecule has 1 saturated heterocycles. The minimum atomic E-state index is -0.401. The molecule has 0 aromatic carbocycles. The summed E-state index contributed by atoms with van der Waals surface area (Å²) >= 11 is 1.29. The van der Waals surface area contributed by atoms with E-state index >= 15 is 0 Å². The number of piperazine rings is 1. The molecule has 1 fully saturated rings. The van der Waals surface area contributed by atoms with Gasteiger partial charge in [-0.15, -0.1) is 11.3 Å². The van der Waals surface area contributed by atoms with Gasteiger partial charge in [0.1, 0.15) is 10.2 Å². The number of rotatable bonds is 2. The molecule has 0 atom stereocenters. The predicted octanol–water partition coefficient (Wildman–Crippen LogP) is 1.73. The van der Waals surface area contributed by atoms with Crippen LogP contribution in [0, 0.1) is 6.92 Å². The summed E-state index contributed by atoms with van der Waals surface area (Å²) in [5.41, 5.74) is 0.280. The van der Waals surface area contributed by atoms with Gasteiger partial charge in [-0.2, -0.15) is 0 Å². The highest BCUT2D eigenvalue weighted by atomic mass is 32.1. The number of thiophene rings is 1. The van der Waals surface area contributed by atoms with E-state index in [1.54, 1.807) is 6.92 Å². The Kier molecular flexibility index (Phi) is 4.01. The van der Waals surface area contributed by atoms with Crippen LogP contribution < -0.4 is 10.9 Å². The third-order valence-corrected chi connectivity index (χ3v) is 5.01. The summed E-state index contributed by atoms with van der Waals surface area (Å²) in [4.78, 5) is 32.3. The second-order valence-electron chi connectivity index (χ2n) is 5.77. The molecule has 0 radical (unpaired) electrons. The van der Waals surface area contributed by atoms with Gasteiger partial charge >= 0.3 is 5.63 Å². The van der Waals surface area contributed by atoms with Gasteiger partial charge in [-0.1, -0.05) is 13.8 Å². The van der Waals surface area contributed by atoms with Crippen LogP contribution in [0.5, 0.6) is 0 Å². The van der Waals surface area contributed by atoms with Crippen molar-refractivity contribution in [3.63, 3.8) is 0 Å². The highest BCUT2D eigenvalue weighted by molar-refractivity contribution is 7.20. The fourth-order valence-corrected chi connectivity index (χ4v) is 3.69. The van der Waals surface area contributed by atoms with Crippen LogP contribution in [0.3, 0.4) is 0 Å². The molecule has 7 heteroatoms. The Morgan fingerprint density at radius 2 is 2.05 bits per heavy atom. The van der Waals surface area contributed by atoms with Crippen LogP contribution in [-0.4, -0.2) is 42.0 Å². The first-order valence-electron chi connectivity index (χ1n) is 7.43. The van der Waals surface area contributed by atoms with Crippen molar-refractivity contribution in [1.82, 2.24) is 15.2 Å². The largest absolute Gasteiger partial charge is 0.408 e. The molecule has 0 spiro atoms. The number of hydrogen-bond donors (Lipinski definition) is 1. The van der Waals surface area contributed by atoms with Gasteiger partial charge in [0.25, 0.3) is 5.91 Å². The van der Waals surface area contributed by atoms with Crippen molar-refractivity contribution < 1.29 is 9.21 Å². The molecule has 6 nitrogen and oxygen atoms in total. The van der Waals surface area contributed by atoms with E-state index in [1.807, 2.05) is 18.7 Å². The topological polar surface area (TPSA) is 75.4 Å². The van der Waals surface area contributed by atoms with Gasteiger partial charge < -0.3 is 14.6 Å². The van der Waals surface area contributed by atoms with E-state index in [-0.39, 0.29) is 11.8 Å². The lowest BCUT2D eigenvalue weighted by Crippen LogP contribution is -2.46. The van der Waals surface area contributed by atoms with E-state index in [2.05, 4.69) is 10.3 Å². The maximum absolute atomic E-state index is 12.7. The van der Waals surface area contributed by atoms with Gasteiger partial charge in [0.2, 0.25) is 5.89 Å². The summed E-state index contributed by atoms with van der Waals surface area (Å²) in [6.07, 6.45) is 0. The normalized spacial score (nSPS) is 15.7. The van der Waals surface area contributed by atoms with E-state index in [9.17, 15) is 9.59 Å². The van der Waals surface area contributed by atoms with Gasteiger partial charge in [0.05, 0.1) is 4.88 Å². The molecule has 0 unspecified atom stereocenters. The Labute approximate surface area is 132 Å². The highest BCUT2D eigenvalue weighted by Crippen LogP contribution is 2.29. The number of hydrogen-bond acceptors (Lipinski definition) is 6. The van der Waals surface area contributed by atoms with E-state index in [1.165, 1.54) is 11.3 Å². The number of carbonyl (C=O) groups is 1. The van der Waals surface area contributed by atoms with Crippen molar-refractivity contribution in [2.75, 3.05) is 26.2 Å². The maximum Gasteiger partial charge on any atom is 0.348 e. The summed E-state index contributed by atoms with van der Waals surface area (Å²) in [6.45, 7) is 8.61. The first-order valence-corrected chi connectivity index (χ1v) is 8.24. The Balaban J connectivity index is 2.07. The Morgan fingerprint density at radius 1 is 1.36 bits per heavy atom. The number of aromatic nitrogens is 1. The zero-order valence-corrected chi connectivity index (χ0v) is 13.7. The Bertz CT molecular complexity index is 772. The van der Waals surface area contributed by atoms with E-state index in [0.717, 1.165) is 13.1 Å². The lowest BCUT2D eigenvalue weighted by Gasteiger charge is -2.27. The van der Waals surface area contributed by atoms with Crippen LogP contribution in [0.15, 0.2) is 9.21 Å². The molecular formula is C15H19N3O3S. The number of aryl methyl sites for hydroxylation is 1. The zero-order chi connectivity index (χ0) is 15.9. The number of nitrogens with zero attached hydrogens (tertiary/aromatic N) is 2. The molecule has 0 saturated carbocycles. The predicted molar refractivity (Wildman–Crippen MR) is 85.8 cm³/mol. The number of carbonyl (C=O) groups excluding carboxylic acids is 1. The summed E-state index contributed by atoms with van der Waals surface area (Å²) in [7, 11) is 0. The van der Waals surface area contributed by atoms with Crippen molar-refractivity contribution in [3.8, 4) is 0 Å². The molecule has 1 amide bonds. The summed E-state index contributed by atoms with van der Waals surface area (Å²) in [6, 6.07) is 0. The van der Waals surface area contributed by atoms with Crippen LogP contribution in [0.2, 0.25) is 0 Å². The third-order valence-electron chi connectivity index (χ3n) is 3.83. The highest BCUT2D eigenvalue weighted by Gasteiger charge is 2.25. The summed E-state index contributed by atoms with van der Waals surface area (Å²) in [5, 5.41) is 3.66. The van der Waals surface area contributed by atoms with Crippen LogP contribution >= 0.6 is 11.3 Å². The van der Waals surface area contributed by atoms with Crippen molar-refractivity contribution in [1.29, 1.82) is 0 Å². The molecule has 0 aliphatic carbocycles. The average Bonchev–Trinajstić information content (AvgIpc) is 2.84. The van der Waals surface area contributed by atoms with Crippen molar-refractivity contribution in [2.45, 2.75) is 26.7 Å². The maximum atomic E-state index is 12.7. The monoisotopic (exact) mass is 321 g/mol. The summed E-state index contributed by atoms with van der Waals surface area (Å²) < 4.78 is 5.28. The quantitative estimate of drug-likeness (QED) is 0.911. The van der Waals surface area contributed by atoms with E-state index in [0.29, 0.717) is 39.6 Å². The lowest BCUT2D eigenvalue weighted by molar-refractivity contribution is 0.0740. The molecule has 22 heavy (non-hydrogen) atoms. The van der Waals surface area contributed by atoms with Crippen molar-refractivity contribution in [2.24, 2.45) is 0 Å². The second kappa shape index (κ2) is 5.81. The molecule has 1 N–H and O–H groups in total. The van der Waals surface area contributed by atoms with Crippen LogP contribution in [0.25, 0.3) is 10.2 Å². The van der Waals surface area contributed by atoms with Crippen LogP contribution in [0.4, 0.5) is 0 Å². The van der Waals surface area contributed by atoms with Gasteiger partial charge in [-0.3, -0.25) is 4.79 Å². The standard InChI is InChI=1S/C15H19N3O3S/c1-8(2)12-17-13-10(15(20)21-12)9(3)11(22-13)14(19)18-6-4-16-5-7-18/h8,16H,4-7H2,1-3H3. The minimum absolute atomic E-state index is 0.0208. The Hall–Kier alpha value is -1.73.